The predicted octanol–water partition coefficient (Wildman–Crippen LogP) is 4.46. The second-order valence-electron chi connectivity index (χ2n) is 6.81. The van der Waals surface area contributed by atoms with Crippen LogP contribution in [-0.2, 0) is 10.0 Å². The zero-order valence-electron chi connectivity index (χ0n) is 15.8. The highest BCUT2D eigenvalue weighted by molar-refractivity contribution is 7.89. The van der Waals surface area contributed by atoms with Crippen LogP contribution in [0.15, 0.2) is 65.6 Å². The number of nitrogens with one attached hydrogen (secondary N) is 1. The van der Waals surface area contributed by atoms with E-state index >= 15 is 0 Å². The Balaban J connectivity index is 1.97. The first kappa shape index (κ1) is 20.3. The summed E-state index contributed by atoms with van der Waals surface area (Å²) in [4.78, 5) is 14.5. The van der Waals surface area contributed by atoms with Crippen LogP contribution in [0.5, 0.6) is 0 Å². The Morgan fingerprint density at radius 2 is 1.68 bits per heavy atom. The third-order valence-corrected chi connectivity index (χ3v) is 6.28. The van der Waals surface area contributed by atoms with E-state index < -0.39 is 10.0 Å². The number of hydrogen-bond acceptors (Lipinski definition) is 3. The maximum atomic E-state index is 13.0. The van der Waals surface area contributed by atoms with Gasteiger partial charge in [-0.1, -0.05) is 41.9 Å². The highest BCUT2D eigenvalue weighted by Gasteiger charge is 2.22. The molecule has 146 valence electrons. The highest BCUT2D eigenvalue weighted by Crippen LogP contribution is 2.26. The van der Waals surface area contributed by atoms with E-state index in [9.17, 15) is 13.2 Å². The molecule has 0 heterocycles. The number of carbonyl (C=O) groups excluding carboxylic acids is 1. The fourth-order valence-electron chi connectivity index (χ4n) is 2.90. The van der Waals surface area contributed by atoms with E-state index in [0.717, 1.165) is 10.8 Å². The summed E-state index contributed by atoms with van der Waals surface area (Å²) < 4.78 is 27.4. The van der Waals surface area contributed by atoms with Gasteiger partial charge in [-0.2, -0.15) is 0 Å². The van der Waals surface area contributed by atoms with E-state index in [-0.39, 0.29) is 27.4 Å². The van der Waals surface area contributed by atoms with Crippen LogP contribution in [-0.4, -0.2) is 27.4 Å². The molecule has 0 atom stereocenters. The lowest BCUT2D eigenvalue weighted by Crippen LogP contribution is -2.31. The van der Waals surface area contributed by atoms with Crippen LogP contribution in [0.2, 0.25) is 5.02 Å². The molecule has 3 rings (SSSR count). The van der Waals surface area contributed by atoms with Gasteiger partial charge in [0.05, 0.1) is 15.5 Å². The molecule has 0 fully saturated rings. The first-order valence-electron chi connectivity index (χ1n) is 8.78. The number of amides is 1. The van der Waals surface area contributed by atoms with E-state index in [1.807, 2.05) is 42.5 Å². The summed E-state index contributed by atoms with van der Waals surface area (Å²) in [6.45, 7) is 3.46. The van der Waals surface area contributed by atoms with Gasteiger partial charge in [0, 0.05) is 18.8 Å². The Morgan fingerprint density at radius 1 is 1.00 bits per heavy atom. The molecule has 0 aliphatic rings. The van der Waals surface area contributed by atoms with Gasteiger partial charge < -0.3 is 4.90 Å². The van der Waals surface area contributed by atoms with Crippen LogP contribution in [0.25, 0.3) is 10.8 Å². The van der Waals surface area contributed by atoms with Crippen molar-refractivity contribution in [1.29, 1.82) is 0 Å². The third kappa shape index (κ3) is 4.19. The zero-order valence-corrected chi connectivity index (χ0v) is 17.4. The molecule has 0 aliphatic carbocycles. The van der Waals surface area contributed by atoms with E-state index in [0.29, 0.717) is 5.69 Å². The van der Waals surface area contributed by atoms with Crippen molar-refractivity contribution in [3.8, 4) is 0 Å². The monoisotopic (exact) mass is 416 g/mol. The van der Waals surface area contributed by atoms with Crippen LogP contribution in [0, 0.1) is 0 Å². The quantitative estimate of drug-likeness (QED) is 0.667. The van der Waals surface area contributed by atoms with Gasteiger partial charge in [0.15, 0.2) is 0 Å². The number of rotatable bonds is 5. The number of carbonyl (C=O) groups is 1. The lowest BCUT2D eigenvalue weighted by Gasteiger charge is -2.19. The van der Waals surface area contributed by atoms with Crippen molar-refractivity contribution in [3.05, 3.63) is 71.2 Å². The van der Waals surface area contributed by atoms with E-state index in [1.165, 1.54) is 23.1 Å². The first-order chi connectivity index (χ1) is 13.2. The van der Waals surface area contributed by atoms with Crippen molar-refractivity contribution >= 4 is 44.0 Å². The van der Waals surface area contributed by atoms with Crippen molar-refractivity contribution in [2.24, 2.45) is 0 Å². The summed E-state index contributed by atoms with van der Waals surface area (Å²) >= 11 is 6.21. The average molecular weight is 417 g/mol. The molecule has 0 aliphatic heterocycles. The topological polar surface area (TPSA) is 66.5 Å². The van der Waals surface area contributed by atoms with E-state index in [2.05, 4.69) is 4.72 Å². The first-order valence-corrected chi connectivity index (χ1v) is 10.6. The summed E-state index contributed by atoms with van der Waals surface area (Å²) in [5, 5.41) is 2.27. The van der Waals surface area contributed by atoms with Gasteiger partial charge in [0.1, 0.15) is 0 Å². The van der Waals surface area contributed by atoms with Crippen LogP contribution in [0.3, 0.4) is 0 Å². The number of hydrogen-bond donors (Lipinski definition) is 1. The van der Waals surface area contributed by atoms with E-state index in [4.69, 9.17) is 11.6 Å². The number of sulfonamides is 1. The van der Waals surface area contributed by atoms with Crippen molar-refractivity contribution in [2.75, 3.05) is 11.9 Å². The fourth-order valence-corrected chi connectivity index (χ4v) is 4.37. The number of anilines is 1. The predicted molar refractivity (Wildman–Crippen MR) is 114 cm³/mol. The molecule has 1 amide bonds. The van der Waals surface area contributed by atoms with Gasteiger partial charge in [0.2, 0.25) is 10.0 Å². The average Bonchev–Trinajstić information content (AvgIpc) is 2.65. The minimum Gasteiger partial charge on any atom is -0.311 e. The minimum absolute atomic E-state index is 0.000798. The molecule has 3 aromatic carbocycles. The molecule has 0 bridgehead atoms. The summed E-state index contributed by atoms with van der Waals surface area (Å²) in [5.74, 6) is -0.387. The van der Waals surface area contributed by atoms with Gasteiger partial charge in [-0.15, -0.1) is 0 Å². The highest BCUT2D eigenvalue weighted by atomic mass is 35.5. The maximum absolute atomic E-state index is 13.0. The summed E-state index contributed by atoms with van der Waals surface area (Å²) in [7, 11) is -2.10. The summed E-state index contributed by atoms with van der Waals surface area (Å²) in [6.07, 6.45) is 0. The van der Waals surface area contributed by atoms with Gasteiger partial charge in [-0.05, 0) is 55.0 Å². The van der Waals surface area contributed by atoms with Crippen molar-refractivity contribution in [2.45, 2.75) is 24.8 Å². The molecule has 0 radical (unpaired) electrons. The van der Waals surface area contributed by atoms with Crippen molar-refractivity contribution in [3.63, 3.8) is 0 Å². The second kappa shape index (κ2) is 7.91. The van der Waals surface area contributed by atoms with Crippen LogP contribution < -0.4 is 9.62 Å². The molecule has 0 unspecified atom stereocenters. The summed E-state index contributed by atoms with van der Waals surface area (Å²) in [5.41, 5.74) is 0.817. The van der Waals surface area contributed by atoms with Gasteiger partial charge in [-0.25, -0.2) is 13.1 Å². The molecule has 0 aromatic heterocycles. The molecule has 1 N–H and O–H groups in total. The number of fused-ring (bicyclic) bond motifs is 1. The maximum Gasteiger partial charge on any atom is 0.259 e. The molecule has 0 saturated heterocycles. The van der Waals surface area contributed by atoms with Crippen LogP contribution >= 0.6 is 11.6 Å². The molecule has 3 aromatic rings. The van der Waals surface area contributed by atoms with Crippen LogP contribution in [0.4, 0.5) is 5.69 Å². The second-order valence-corrected chi connectivity index (χ2v) is 8.93. The Morgan fingerprint density at radius 3 is 2.36 bits per heavy atom. The lowest BCUT2D eigenvalue weighted by molar-refractivity contribution is 0.0993. The van der Waals surface area contributed by atoms with Crippen molar-refractivity contribution in [1.82, 2.24) is 4.72 Å². The molecule has 5 nitrogen and oxygen atoms in total. The van der Waals surface area contributed by atoms with Gasteiger partial charge in [0.25, 0.3) is 5.91 Å². The number of halogens is 1. The molecular formula is C21H21ClN2O3S. The minimum atomic E-state index is -3.73. The Bertz CT molecular complexity index is 1140. The third-order valence-electron chi connectivity index (χ3n) is 4.29. The smallest absolute Gasteiger partial charge is 0.259 e. The van der Waals surface area contributed by atoms with Gasteiger partial charge >= 0.3 is 0 Å². The molecule has 0 spiro atoms. The lowest BCUT2D eigenvalue weighted by atomic mass is 10.1. The van der Waals surface area contributed by atoms with Crippen LogP contribution in [0.1, 0.15) is 24.2 Å². The Hall–Kier alpha value is -2.41. The molecular weight excluding hydrogens is 396 g/mol. The standard InChI is InChI=1S/C21H21ClN2O3S/c1-14(2)23-28(26,27)18-10-11-20(22)19(13-18)21(25)24(3)17-9-8-15-6-4-5-7-16(15)12-17/h4-14,23H,1-3H3. The Kier molecular flexibility index (Phi) is 5.74. The molecule has 0 saturated carbocycles. The number of benzene rings is 3. The van der Waals surface area contributed by atoms with Gasteiger partial charge in [-0.3, -0.25) is 4.79 Å². The van der Waals surface area contributed by atoms with Crippen molar-refractivity contribution < 1.29 is 13.2 Å². The summed E-state index contributed by atoms with van der Waals surface area (Å²) in [6, 6.07) is 17.4. The normalized spacial score (nSPS) is 11.8. The largest absolute Gasteiger partial charge is 0.311 e. The van der Waals surface area contributed by atoms with E-state index in [1.54, 1.807) is 20.9 Å². The fraction of sp³-hybridized carbons (Fsp3) is 0.190. The molecule has 7 heteroatoms. The SMILES string of the molecule is CC(C)NS(=O)(=O)c1ccc(Cl)c(C(=O)N(C)c2ccc3ccccc3c2)c1. The zero-order chi connectivity index (χ0) is 20.5. The molecule has 28 heavy (non-hydrogen) atoms. The number of nitrogens with zero attached hydrogens (tertiary/aromatic N) is 1. The Labute approximate surface area is 170 Å².